The lowest BCUT2D eigenvalue weighted by atomic mass is 9.95. The molecule has 7 heteroatoms. The molecule has 30 heavy (non-hydrogen) atoms. The molecule has 0 amide bonds. The number of aryl methyl sites for hydroxylation is 1. The highest BCUT2D eigenvalue weighted by Crippen LogP contribution is 2.37. The van der Waals surface area contributed by atoms with Crippen LogP contribution in [0.1, 0.15) is 47.9 Å². The second-order valence-electron chi connectivity index (χ2n) is 7.49. The normalized spacial score (nSPS) is 14.8. The summed E-state index contributed by atoms with van der Waals surface area (Å²) in [5.74, 6) is 6.33. The second-order valence-corrected chi connectivity index (χ2v) is 7.49. The molecular weight excluding hydrogens is 382 g/mol. The summed E-state index contributed by atoms with van der Waals surface area (Å²) in [7, 11) is 1.67. The van der Waals surface area contributed by atoms with E-state index in [1.165, 1.54) is 4.57 Å². The second kappa shape index (κ2) is 7.41. The molecule has 1 aliphatic carbocycles. The minimum Gasteiger partial charge on any atom is -0.418 e. The summed E-state index contributed by atoms with van der Waals surface area (Å²) >= 11 is 0. The molecule has 3 aromatic rings. The van der Waals surface area contributed by atoms with Crippen LogP contribution in [-0.2, 0) is 25.7 Å². The number of pyridine rings is 1. The molecule has 2 N–H and O–H groups in total. The van der Waals surface area contributed by atoms with Gasteiger partial charge in [-0.25, -0.2) is 0 Å². The summed E-state index contributed by atoms with van der Waals surface area (Å²) in [6, 6.07) is 9.17. The standard InChI is InChI=1S/C23H21N3O4/c1-14-11-17-20(19(14)21-25-24-18(13-27)30-21)15(12-26(3)22(17)28)9-10-23(2,29)16-7-5-4-6-8-16/h4-8,12,27,29H,11,13H2,1-3H3. The van der Waals surface area contributed by atoms with Crippen molar-refractivity contribution in [3.8, 4) is 11.8 Å². The van der Waals surface area contributed by atoms with Crippen LogP contribution in [0.3, 0.4) is 0 Å². The van der Waals surface area contributed by atoms with Gasteiger partial charge in [-0.3, -0.25) is 4.79 Å². The Balaban J connectivity index is 1.87. The molecule has 4 rings (SSSR count). The maximum Gasteiger partial charge on any atom is 0.254 e. The van der Waals surface area contributed by atoms with Gasteiger partial charge in [-0.2, -0.15) is 0 Å². The maximum atomic E-state index is 12.8. The lowest BCUT2D eigenvalue weighted by molar-refractivity contribution is 0.122. The molecule has 1 unspecified atom stereocenters. The fourth-order valence-corrected chi connectivity index (χ4v) is 3.64. The van der Waals surface area contributed by atoms with Gasteiger partial charge in [0.1, 0.15) is 12.2 Å². The van der Waals surface area contributed by atoms with Crippen LogP contribution < -0.4 is 5.56 Å². The van der Waals surface area contributed by atoms with Gasteiger partial charge in [-0.1, -0.05) is 47.7 Å². The van der Waals surface area contributed by atoms with Crippen LogP contribution in [0.4, 0.5) is 0 Å². The summed E-state index contributed by atoms with van der Waals surface area (Å²) < 4.78 is 7.04. The molecule has 0 fully saturated rings. The molecule has 0 saturated carbocycles. The number of hydrogen-bond acceptors (Lipinski definition) is 6. The Labute approximate surface area is 173 Å². The molecular formula is C23H21N3O4. The van der Waals surface area contributed by atoms with Gasteiger partial charge in [0, 0.05) is 41.9 Å². The van der Waals surface area contributed by atoms with E-state index in [0.717, 1.165) is 5.57 Å². The number of nitrogens with zero attached hydrogens (tertiary/aromatic N) is 3. The molecule has 0 bridgehead atoms. The van der Waals surface area contributed by atoms with Crippen molar-refractivity contribution < 1.29 is 14.6 Å². The van der Waals surface area contributed by atoms with Gasteiger partial charge in [0.15, 0.2) is 0 Å². The molecule has 7 nitrogen and oxygen atoms in total. The van der Waals surface area contributed by atoms with Gasteiger partial charge in [0.25, 0.3) is 5.56 Å². The minimum absolute atomic E-state index is 0.0993. The third-order valence-corrected chi connectivity index (χ3v) is 5.18. The lowest BCUT2D eigenvalue weighted by Gasteiger charge is -2.16. The van der Waals surface area contributed by atoms with Gasteiger partial charge in [0.05, 0.1) is 0 Å². The minimum atomic E-state index is -1.37. The molecule has 2 aromatic heterocycles. The number of hydrogen-bond donors (Lipinski definition) is 2. The van der Waals surface area contributed by atoms with Crippen molar-refractivity contribution in [2.75, 3.05) is 0 Å². The first-order chi connectivity index (χ1) is 14.3. The summed E-state index contributed by atoms with van der Waals surface area (Å²) in [6.45, 7) is 3.16. The van der Waals surface area contributed by atoms with Gasteiger partial charge >= 0.3 is 0 Å². The van der Waals surface area contributed by atoms with Crippen molar-refractivity contribution >= 4 is 5.57 Å². The fourth-order valence-electron chi connectivity index (χ4n) is 3.64. The Bertz CT molecular complexity index is 1270. The van der Waals surface area contributed by atoms with E-state index in [9.17, 15) is 15.0 Å². The highest BCUT2D eigenvalue weighted by molar-refractivity contribution is 5.86. The van der Waals surface area contributed by atoms with Crippen LogP contribution in [0, 0.1) is 11.8 Å². The number of fused-ring (bicyclic) bond motifs is 1. The Kier molecular flexibility index (Phi) is 4.90. The van der Waals surface area contributed by atoms with Crippen LogP contribution in [0.15, 0.2) is 51.3 Å². The van der Waals surface area contributed by atoms with E-state index in [0.29, 0.717) is 34.2 Å². The van der Waals surface area contributed by atoms with Crippen molar-refractivity contribution in [2.24, 2.45) is 7.05 Å². The summed E-state index contributed by atoms with van der Waals surface area (Å²) in [6.07, 6.45) is 2.09. The highest BCUT2D eigenvalue weighted by atomic mass is 16.4. The molecule has 0 spiro atoms. The van der Waals surface area contributed by atoms with E-state index in [1.807, 2.05) is 37.3 Å². The topological polar surface area (TPSA) is 101 Å². The molecule has 1 aromatic carbocycles. The van der Waals surface area contributed by atoms with E-state index < -0.39 is 5.60 Å². The van der Waals surface area contributed by atoms with Gasteiger partial charge in [0.2, 0.25) is 11.8 Å². The quantitative estimate of drug-likeness (QED) is 0.648. The van der Waals surface area contributed by atoms with Gasteiger partial charge < -0.3 is 19.2 Å². The summed E-state index contributed by atoms with van der Waals surface area (Å²) in [4.78, 5) is 12.8. The Morgan fingerprint density at radius 2 is 2.00 bits per heavy atom. The number of aromatic nitrogens is 3. The van der Waals surface area contributed by atoms with Crippen molar-refractivity contribution in [3.63, 3.8) is 0 Å². The first kappa shape index (κ1) is 19.8. The number of aliphatic hydroxyl groups is 2. The molecule has 1 atom stereocenters. The van der Waals surface area contributed by atoms with E-state index in [-0.39, 0.29) is 23.9 Å². The number of rotatable bonds is 3. The zero-order valence-electron chi connectivity index (χ0n) is 16.9. The van der Waals surface area contributed by atoms with Crippen LogP contribution >= 0.6 is 0 Å². The van der Waals surface area contributed by atoms with Crippen LogP contribution in [0.25, 0.3) is 5.57 Å². The van der Waals surface area contributed by atoms with E-state index in [1.54, 1.807) is 20.2 Å². The Morgan fingerprint density at radius 1 is 1.27 bits per heavy atom. The number of allylic oxidation sites excluding steroid dienone is 1. The van der Waals surface area contributed by atoms with Gasteiger partial charge in [-0.05, 0) is 19.4 Å². The maximum absolute atomic E-state index is 12.8. The monoisotopic (exact) mass is 403 g/mol. The van der Waals surface area contributed by atoms with Crippen LogP contribution in [0.2, 0.25) is 0 Å². The Hall–Kier alpha value is -3.47. The molecule has 0 saturated heterocycles. The number of aliphatic hydroxyl groups excluding tert-OH is 1. The molecule has 0 radical (unpaired) electrons. The van der Waals surface area contributed by atoms with E-state index >= 15 is 0 Å². The first-order valence-corrected chi connectivity index (χ1v) is 9.49. The summed E-state index contributed by atoms with van der Waals surface area (Å²) in [5.41, 5.74) is 2.56. The van der Waals surface area contributed by atoms with Crippen LogP contribution in [0.5, 0.6) is 0 Å². The SMILES string of the molecule is CC1=C(c2nnc(CO)o2)c2c(C#CC(C)(O)c3ccccc3)cn(C)c(=O)c2C1. The zero-order chi connectivity index (χ0) is 21.5. The van der Waals surface area contributed by atoms with Crippen LogP contribution in [-0.4, -0.2) is 25.0 Å². The molecule has 1 aliphatic rings. The zero-order valence-corrected chi connectivity index (χ0v) is 16.9. The highest BCUT2D eigenvalue weighted by Gasteiger charge is 2.30. The predicted octanol–water partition coefficient (Wildman–Crippen LogP) is 1.90. The average Bonchev–Trinajstić information content (AvgIpc) is 3.34. The fraction of sp³-hybridized carbons (Fsp3) is 0.261. The molecule has 152 valence electrons. The third-order valence-electron chi connectivity index (χ3n) is 5.18. The van der Waals surface area contributed by atoms with E-state index in [4.69, 9.17) is 4.42 Å². The lowest BCUT2D eigenvalue weighted by Crippen LogP contribution is -2.22. The van der Waals surface area contributed by atoms with Crippen molar-refractivity contribution in [1.29, 1.82) is 0 Å². The largest absolute Gasteiger partial charge is 0.418 e. The third kappa shape index (κ3) is 3.36. The molecule has 0 aliphatic heterocycles. The predicted molar refractivity (Wildman–Crippen MR) is 110 cm³/mol. The average molecular weight is 403 g/mol. The molecule has 2 heterocycles. The van der Waals surface area contributed by atoms with Crippen molar-refractivity contribution in [1.82, 2.24) is 14.8 Å². The Morgan fingerprint density at radius 3 is 2.67 bits per heavy atom. The van der Waals surface area contributed by atoms with E-state index in [2.05, 4.69) is 22.0 Å². The summed E-state index contributed by atoms with van der Waals surface area (Å²) in [5, 5.41) is 28.0. The number of benzene rings is 1. The first-order valence-electron chi connectivity index (χ1n) is 9.49. The van der Waals surface area contributed by atoms with Gasteiger partial charge in [-0.15, -0.1) is 10.2 Å². The van der Waals surface area contributed by atoms with Crippen molar-refractivity contribution in [3.05, 3.63) is 86.5 Å². The van der Waals surface area contributed by atoms with Crippen molar-refractivity contribution in [2.45, 2.75) is 32.5 Å². The smallest absolute Gasteiger partial charge is 0.254 e.